The third-order valence-electron chi connectivity index (χ3n) is 9.00. The van der Waals surface area contributed by atoms with E-state index in [9.17, 15) is 19.5 Å². The SMILES string of the molecule is Cc1c(CCC(=O)N2CCC(C(=O)[O-])(c3ccccc3)CC2)c(=O)oc2c(C)c3oc4c(c3cc12)CCCC4. The van der Waals surface area contributed by atoms with Crippen molar-refractivity contribution in [1.82, 2.24) is 4.90 Å². The van der Waals surface area contributed by atoms with Gasteiger partial charge in [0.2, 0.25) is 5.91 Å². The van der Waals surface area contributed by atoms with Gasteiger partial charge in [-0.05, 0) is 69.6 Å². The van der Waals surface area contributed by atoms with Crippen LogP contribution in [-0.2, 0) is 34.3 Å². The second-order valence-corrected chi connectivity index (χ2v) is 11.1. The number of fused-ring (bicyclic) bond motifs is 4. The molecule has 0 atom stereocenters. The lowest BCUT2D eigenvalue weighted by Crippen LogP contribution is -2.53. The minimum atomic E-state index is -1.10. The number of hydrogen-bond donors (Lipinski definition) is 0. The molecule has 39 heavy (non-hydrogen) atoms. The number of hydrogen-bond acceptors (Lipinski definition) is 6. The molecule has 2 aliphatic rings. The number of aliphatic carboxylic acids is 1. The van der Waals surface area contributed by atoms with Gasteiger partial charge in [-0.3, -0.25) is 4.79 Å². The Hall–Kier alpha value is -3.87. The highest BCUT2D eigenvalue weighted by atomic mass is 16.4. The molecule has 2 aromatic carbocycles. The number of likely N-dealkylation sites (tertiary alicyclic amines) is 1. The molecule has 1 aliphatic carbocycles. The van der Waals surface area contributed by atoms with Gasteiger partial charge in [0, 0.05) is 58.8 Å². The molecular formula is C32H32NO6-. The van der Waals surface area contributed by atoms with Crippen molar-refractivity contribution >= 4 is 33.8 Å². The predicted molar refractivity (Wildman–Crippen MR) is 146 cm³/mol. The van der Waals surface area contributed by atoms with Crippen molar-refractivity contribution in [2.24, 2.45) is 0 Å². The van der Waals surface area contributed by atoms with E-state index in [4.69, 9.17) is 8.83 Å². The lowest BCUT2D eigenvalue weighted by atomic mass is 9.73. The molecule has 0 N–H and O–H groups in total. The molecular weight excluding hydrogens is 494 g/mol. The van der Waals surface area contributed by atoms with E-state index in [2.05, 4.69) is 6.07 Å². The molecule has 0 unspecified atom stereocenters. The Bertz CT molecular complexity index is 1650. The summed E-state index contributed by atoms with van der Waals surface area (Å²) in [5.74, 6) is -0.158. The maximum Gasteiger partial charge on any atom is 0.339 e. The van der Waals surface area contributed by atoms with Crippen LogP contribution in [0.2, 0.25) is 0 Å². The van der Waals surface area contributed by atoms with Crippen LogP contribution in [0.3, 0.4) is 0 Å². The van der Waals surface area contributed by atoms with Crippen LogP contribution in [0.1, 0.15) is 65.7 Å². The van der Waals surface area contributed by atoms with Gasteiger partial charge in [0.1, 0.15) is 16.9 Å². The lowest BCUT2D eigenvalue weighted by molar-refractivity contribution is -0.315. The van der Waals surface area contributed by atoms with Crippen molar-refractivity contribution in [2.75, 3.05) is 13.1 Å². The zero-order valence-electron chi connectivity index (χ0n) is 22.4. The summed E-state index contributed by atoms with van der Waals surface area (Å²) in [4.78, 5) is 40.0. The van der Waals surface area contributed by atoms with E-state index in [0.717, 1.165) is 58.9 Å². The second-order valence-electron chi connectivity index (χ2n) is 11.1. The van der Waals surface area contributed by atoms with Gasteiger partial charge in [-0.15, -0.1) is 0 Å². The van der Waals surface area contributed by atoms with Gasteiger partial charge in [0.05, 0.1) is 5.97 Å². The molecule has 1 saturated heterocycles. The van der Waals surface area contributed by atoms with E-state index in [0.29, 0.717) is 42.6 Å². The first-order chi connectivity index (χ1) is 18.8. The Labute approximate surface area is 226 Å². The molecule has 1 fully saturated rings. The summed E-state index contributed by atoms with van der Waals surface area (Å²) in [5, 5.41) is 14.1. The van der Waals surface area contributed by atoms with Crippen molar-refractivity contribution in [1.29, 1.82) is 0 Å². The molecule has 0 bridgehead atoms. The van der Waals surface area contributed by atoms with E-state index in [-0.39, 0.29) is 18.7 Å². The van der Waals surface area contributed by atoms with Crippen molar-refractivity contribution in [3.05, 3.63) is 80.4 Å². The number of piperidine rings is 1. The quantitative estimate of drug-likeness (QED) is 0.360. The zero-order valence-corrected chi connectivity index (χ0v) is 22.4. The smallest absolute Gasteiger partial charge is 0.339 e. The predicted octanol–water partition coefficient (Wildman–Crippen LogP) is 4.28. The van der Waals surface area contributed by atoms with Crippen molar-refractivity contribution < 1.29 is 23.5 Å². The Balaban J connectivity index is 1.23. The molecule has 3 heterocycles. The Morgan fingerprint density at radius 3 is 2.36 bits per heavy atom. The van der Waals surface area contributed by atoms with Crippen LogP contribution >= 0.6 is 0 Å². The number of carbonyl (C=O) groups excluding carboxylic acids is 2. The van der Waals surface area contributed by atoms with E-state index < -0.39 is 17.0 Å². The number of nitrogens with zero attached hydrogens (tertiary/aromatic N) is 1. The number of carbonyl (C=O) groups is 2. The first-order valence-electron chi connectivity index (χ1n) is 13.8. The summed E-state index contributed by atoms with van der Waals surface area (Å²) >= 11 is 0. The number of aryl methyl sites for hydroxylation is 4. The first-order valence-corrected chi connectivity index (χ1v) is 13.8. The van der Waals surface area contributed by atoms with Gasteiger partial charge >= 0.3 is 5.63 Å². The van der Waals surface area contributed by atoms with Crippen LogP contribution < -0.4 is 10.7 Å². The van der Waals surface area contributed by atoms with Crippen LogP contribution in [0.25, 0.3) is 21.9 Å². The van der Waals surface area contributed by atoms with Crippen molar-refractivity contribution in [3.63, 3.8) is 0 Å². The van der Waals surface area contributed by atoms with Gasteiger partial charge in [-0.1, -0.05) is 30.3 Å². The molecule has 1 aliphatic heterocycles. The number of benzene rings is 2. The highest BCUT2D eigenvalue weighted by molar-refractivity contribution is 6.00. The fraction of sp³-hybridized carbons (Fsp3) is 0.406. The van der Waals surface area contributed by atoms with E-state index in [1.165, 1.54) is 5.56 Å². The van der Waals surface area contributed by atoms with Gasteiger partial charge in [0.25, 0.3) is 0 Å². The van der Waals surface area contributed by atoms with E-state index in [1.54, 1.807) is 4.90 Å². The molecule has 6 rings (SSSR count). The fourth-order valence-corrected chi connectivity index (χ4v) is 6.60. The monoisotopic (exact) mass is 526 g/mol. The number of amides is 1. The topological polar surface area (TPSA) is 104 Å². The Morgan fingerprint density at radius 1 is 0.949 bits per heavy atom. The van der Waals surface area contributed by atoms with Crippen LogP contribution in [-0.4, -0.2) is 29.9 Å². The Morgan fingerprint density at radius 2 is 1.64 bits per heavy atom. The Kier molecular flexibility index (Phi) is 6.32. The van der Waals surface area contributed by atoms with Crippen molar-refractivity contribution in [2.45, 2.75) is 70.6 Å². The van der Waals surface area contributed by atoms with Gasteiger partial charge < -0.3 is 23.6 Å². The molecule has 7 heteroatoms. The summed E-state index contributed by atoms with van der Waals surface area (Å²) in [7, 11) is 0. The fourth-order valence-electron chi connectivity index (χ4n) is 6.60. The van der Waals surface area contributed by atoms with E-state index in [1.807, 2.05) is 44.2 Å². The number of rotatable bonds is 5. The molecule has 0 spiro atoms. The normalized spacial score (nSPS) is 16.9. The third kappa shape index (κ3) is 4.15. The number of carboxylic acid groups (broad SMARTS) is 1. The maximum atomic E-state index is 13.1. The van der Waals surface area contributed by atoms with Crippen LogP contribution in [0, 0.1) is 13.8 Å². The summed E-state index contributed by atoms with van der Waals surface area (Å²) in [6.45, 7) is 4.51. The van der Waals surface area contributed by atoms with Crippen LogP contribution in [0.5, 0.6) is 0 Å². The average molecular weight is 527 g/mol. The number of carboxylic acids is 1. The van der Waals surface area contributed by atoms with Crippen LogP contribution in [0.15, 0.2) is 50.0 Å². The second kappa shape index (κ2) is 9.70. The molecule has 0 radical (unpaired) electrons. The highest BCUT2D eigenvalue weighted by Crippen LogP contribution is 2.38. The minimum Gasteiger partial charge on any atom is -0.549 e. The highest BCUT2D eigenvalue weighted by Gasteiger charge is 2.38. The molecule has 7 nitrogen and oxygen atoms in total. The maximum absolute atomic E-state index is 13.1. The first kappa shape index (κ1) is 25.4. The van der Waals surface area contributed by atoms with Crippen LogP contribution in [0.4, 0.5) is 0 Å². The zero-order chi connectivity index (χ0) is 27.3. The largest absolute Gasteiger partial charge is 0.549 e. The molecule has 4 aromatic rings. The van der Waals surface area contributed by atoms with Gasteiger partial charge in [-0.25, -0.2) is 4.79 Å². The van der Waals surface area contributed by atoms with Gasteiger partial charge in [0.15, 0.2) is 0 Å². The third-order valence-corrected chi connectivity index (χ3v) is 9.00. The van der Waals surface area contributed by atoms with E-state index >= 15 is 0 Å². The summed E-state index contributed by atoms with van der Waals surface area (Å²) in [5.41, 5.74) is 3.98. The van der Waals surface area contributed by atoms with Gasteiger partial charge in [-0.2, -0.15) is 0 Å². The standard InChI is InChI=1S/C32H33NO6/c1-19-22(12-13-27(34)33-16-14-32(15-17-33,31(36)37)21-8-4-3-5-9-21)30(35)39-28-20(2)29-25(18-24(19)28)23-10-6-7-11-26(23)38-29/h3-5,8-9,18H,6-7,10-17H2,1-2H3,(H,36,37)/p-1. The minimum absolute atomic E-state index is 0.0931. The summed E-state index contributed by atoms with van der Waals surface area (Å²) < 4.78 is 12.0. The summed E-state index contributed by atoms with van der Waals surface area (Å²) in [6, 6.07) is 11.2. The molecule has 202 valence electrons. The molecule has 0 saturated carbocycles. The molecule has 2 aromatic heterocycles. The van der Waals surface area contributed by atoms with Crippen molar-refractivity contribution in [3.8, 4) is 0 Å². The average Bonchev–Trinajstić information content (AvgIpc) is 3.33. The summed E-state index contributed by atoms with van der Waals surface area (Å²) in [6.07, 6.45) is 5.20. The molecule has 1 amide bonds. The lowest BCUT2D eigenvalue weighted by Gasteiger charge is -2.43. The number of furan rings is 1.